The third-order valence-electron chi connectivity index (χ3n) is 1.40. The van der Waals surface area contributed by atoms with Crippen molar-refractivity contribution < 1.29 is 12.4 Å². The van der Waals surface area contributed by atoms with Crippen molar-refractivity contribution in [3.8, 4) is 0 Å². The first-order valence-corrected chi connectivity index (χ1v) is 3.26. The quantitative estimate of drug-likeness (QED) is 0.392. The van der Waals surface area contributed by atoms with Crippen LogP contribution in [0.1, 0.15) is 25.3 Å². The van der Waals surface area contributed by atoms with Crippen LogP contribution in [0.15, 0.2) is 24.3 Å². The fourth-order valence-electron chi connectivity index (χ4n) is 0.766. The van der Waals surface area contributed by atoms with Crippen LogP contribution in [0.3, 0.4) is 0 Å². The van der Waals surface area contributed by atoms with Gasteiger partial charge in [0.1, 0.15) is 0 Å². The van der Waals surface area contributed by atoms with Crippen LogP contribution < -0.4 is 12.4 Å². The van der Waals surface area contributed by atoms with Crippen molar-refractivity contribution in [1.82, 2.24) is 0 Å². The van der Waals surface area contributed by atoms with Gasteiger partial charge in [-0.1, -0.05) is 19.8 Å². The molecular formula is C9H11ClMg. The minimum Gasteiger partial charge on any atom is -1.00 e. The molecule has 0 bridgehead atoms. The van der Waals surface area contributed by atoms with E-state index in [0.29, 0.717) is 5.92 Å². The van der Waals surface area contributed by atoms with Crippen LogP contribution in [-0.4, -0.2) is 23.1 Å². The molecule has 0 aliphatic rings. The van der Waals surface area contributed by atoms with Crippen molar-refractivity contribution >= 4 is 23.1 Å². The normalized spacial score (nSPS) is 8.27. The zero-order valence-electron chi connectivity index (χ0n) is 6.97. The first-order chi connectivity index (χ1) is 4.30. The Morgan fingerprint density at radius 3 is 2.27 bits per heavy atom. The maximum atomic E-state index is 3.04. The molecule has 0 saturated carbocycles. The molecule has 1 rings (SSSR count). The molecule has 0 unspecified atom stereocenters. The Morgan fingerprint density at radius 2 is 2.00 bits per heavy atom. The summed E-state index contributed by atoms with van der Waals surface area (Å²) in [4.78, 5) is 0. The van der Waals surface area contributed by atoms with Gasteiger partial charge >= 0.3 is 23.1 Å². The van der Waals surface area contributed by atoms with Gasteiger partial charge in [0.15, 0.2) is 0 Å². The zero-order valence-corrected chi connectivity index (χ0v) is 9.14. The van der Waals surface area contributed by atoms with Gasteiger partial charge in [0.25, 0.3) is 0 Å². The maximum absolute atomic E-state index is 3.04. The Morgan fingerprint density at radius 1 is 1.36 bits per heavy atom. The Kier molecular flexibility index (Phi) is 8.75. The topological polar surface area (TPSA) is 0 Å². The van der Waals surface area contributed by atoms with Gasteiger partial charge in [-0.15, -0.1) is 0 Å². The van der Waals surface area contributed by atoms with Gasteiger partial charge in [0.2, 0.25) is 0 Å². The molecule has 0 aliphatic heterocycles. The van der Waals surface area contributed by atoms with Gasteiger partial charge in [-0.25, -0.2) is 0 Å². The van der Waals surface area contributed by atoms with Crippen LogP contribution in [0.5, 0.6) is 0 Å². The van der Waals surface area contributed by atoms with Gasteiger partial charge in [-0.2, -0.15) is 35.9 Å². The fourth-order valence-corrected chi connectivity index (χ4v) is 0.766. The van der Waals surface area contributed by atoms with E-state index in [4.69, 9.17) is 0 Å². The summed E-state index contributed by atoms with van der Waals surface area (Å²) in [6.07, 6.45) is 0. The molecule has 0 aromatic heterocycles. The molecule has 0 radical (unpaired) electrons. The van der Waals surface area contributed by atoms with Gasteiger partial charge in [-0.05, 0) is 0 Å². The average molecular weight is 179 g/mol. The van der Waals surface area contributed by atoms with E-state index in [1.165, 1.54) is 5.56 Å². The number of halogens is 1. The molecule has 0 aliphatic carbocycles. The molecule has 1 aromatic carbocycles. The molecule has 0 heterocycles. The van der Waals surface area contributed by atoms with Gasteiger partial charge in [0, 0.05) is 0 Å². The van der Waals surface area contributed by atoms with E-state index in [1.807, 2.05) is 18.2 Å². The molecule has 2 heteroatoms. The first-order valence-electron chi connectivity index (χ1n) is 3.26. The average Bonchev–Trinajstić information content (AvgIpc) is 1.90. The van der Waals surface area contributed by atoms with Crippen LogP contribution in [0.4, 0.5) is 0 Å². The Bertz CT molecular complexity index is 172. The summed E-state index contributed by atoms with van der Waals surface area (Å²) in [6.45, 7) is 4.37. The standard InChI is InChI=1S/C9H11.ClH.Mg/c1-8(2)9-6-4-3-5-7-9;;/h3-4,6-8H,1-2H3;1H;/q-1;;+2/p-1. The van der Waals surface area contributed by atoms with E-state index in [0.717, 1.165) is 0 Å². The number of hydrogen-bond acceptors (Lipinski definition) is 0. The van der Waals surface area contributed by atoms with Crippen molar-refractivity contribution in [3.05, 3.63) is 35.9 Å². The van der Waals surface area contributed by atoms with Gasteiger partial charge < -0.3 is 12.4 Å². The summed E-state index contributed by atoms with van der Waals surface area (Å²) in [5.74, 6) is 0.627. The summed E-state index contributed by atoms with van der Waals surface area (Å²) >= 11 is 0. The molecular weight excluding hydrogens is 168 g/mol. The second kappa shape index (κ2) is 6.95. The summed E-state index contributed by atoms with van der Waals surface area (Å²) < 4.78 is 0. The van der Waals surface area contributed by atoms with E-state index in [1.54, 1.807) is 0 Å². The van der Waals surface area contributed by atoms with Crippen molar-refractivity contribution in [2.45, 2.75) is 19.8 Å². The van der Waals surface area contributed by atoms with Crippen LogP contribution >= 0.6 is 0 Å². The summed E-state index contributed by atoms with van der Waals surface area (Å²) in [5.41, 5.74) is 1.36. The Hall–Kier alpha value is 0.276. The molecule has 0 fully saturated rings. The SMILES string of the molecule is CC(C)c1c[c-]ccc1.[Cl-].[Mg+2]. The third-order valence-corrected chi connectivity index (χ3v) is 1.40. The molecule has 0 saturated heterocycles. The van der Waals surface area contributed by atoms with Crippen LogP contribution in [0, 0.1) is 6.07 Å². The molecule has 56 valence electrons. The monoisotopic (exact) mass is 178 g/mol. The fraction of sp³-hybridized carbons (Fsp3) is 0.333. The first kappa shape index (κ1) is 13.8. The Balaban J connectivity index is 0. The Labute approximate surface area is 90.9 Å². The van der Waals surface area contributed by atoms with Crippen LogP contribution in [-0.2, 0) is 0 Å². The van der Waals surface area contributed by atoms with Crippen LogP contribution in [0.25, 0.3) is 0 Å². The van der Waals surface area contributed by atoms with Gasteiger partial charge in [0.05, 0.1) is 0 Å². The largest absolute Gasteiger partial charge is 2.00 e. The third kappa shape index (κ3) is 4.67. The second-order valence-electron chi connectivity index (χ2n) is 2.49. The predicted molar refractivity (Wildman–Crippen MR) is 45.1 cm³/mol. The van der Waals surface area contributed by atoms with E-state index >= 15 is 0 Å². The number of rotatable bonds is 1. The second-order valence-corrected chi connectivity index (χ2v) is 2.49. The van der Waals surface area contributed by atoms with E-state index < -0.39 is 0 Å². The number of hydrogen-bond donors (Lipinski definition) is 0. The molecule has 0 amide bonds. The molecule has 0 spiro atoms. The van der Waals surface area contributed by atoms with Crippen molar-refractivity contribution in [2.24, 2.45) is 0 Å². The molecule has 0 atom stereocenters. The molecule has 11 heavy (non-hydrogen) atoms. The smallest absolute Gasteiger partial charge is 1.00 e. The minimum absolute atomic E-state index is 0. The van der Waals surface area contributed by atoms with Crippen molar-refractivity contribution in [1.29, 1.82) is 0 Å². The van der Waals surface area contributed by atoms with E-state index in [2.05, 4.69) is 26.0 Å². The molecule has 0 nitrogen and oxygen atoms in total. The van der Waals surface area contributed by atoms with E-state index in [-0.39, 0.29) is 35.5 Å². The van der Waals surface area contributed by atoms with E-state index in [9.17, 15) is 0 Å². The summed E-state index contributed by atoms with van der Waals surface area (Å²) in [6, 6.07) is 11.1. The maximum Gasteiger partial charge on any atom is 2.00 e. The molecule has 0 N–H and O–H groups in total. The molecule has 1 aromatic rings. The van der Waals surface area contributed by atoms with Crippen molar-refractivity contribution in [3.63, 3.8) is 0 Å². The van der Waals surface area contributed by atoms with Crippen LogP contribution in [0.2, 0.25) is 0 Å². The summed E-state index contributed by atoms with van der Waals surface area (Å²) in [7, 11) is 0. The zero-order chi connectivity index (χ0) is 6.69. The predicted octanol–water partition coefficient (Wildman–Crippen LogP) is -0.767. The summed E-state index contributed by atoms with van der Waals surface area (Å²) in [5, 5.41) is 0. The minimum atomic E-state index is 0. The van der Waals surface area contributed by atoms with Gasteiger partial charge in [-0.3, -0.25) is 0 Å². The van der Waals surface area contributed by atoms with Crippen molar-refractivity contribution in [2.75, 3.05) is 0 Å². The number of benzene rings is 1.